The number of benzene rings is 2. The lowest BCUT2D eigenvalue weighted by molar-refractivity contribution is -0.119. The number of nitrogens with one attached hydrogen (secondary N) is 1. The van der Waals surface area contributed by atoms with Crippen LogP contribution in [0.3, 0.4) is 0 Å². The molecule has 0 atom stereocenters. The van der Waals surface area contributed by atoms with Crippen LogP contribution in [0.5, 0.6) is 5.75 Å². The second-order valence-electron chi connectivity index (χ2n) is 4.81. The highest BCUT2D eigenvalue weighted by Crippen LogP contribution is 2.18. The van der Waals surface area contributed by atoms with Gasteiger partial charge in [-0.15, -0.1) is 0 Å². The summed E-state index contributed by atoms with van der Waals surface area (Å²) >= 11 is 0. The van der Waals surface area contributed by atoms with Gasteiger partial charge >= 0.3 is 0 Å². The maximum absolute atomic E-state index is 10.7. The highest BCUT2D eigenvalue weighted by atomic mass is 16.5. The molecular weight excluding hydrogens is 264 g/mol. The van der Waals surface area contributed by atoms with Crippen LogP contribution in [0, 0.1) is 0 Å². The van der Waals surface area contributed by atoms with E-state index in [1.165, 1.54) is 11.1 Å². The molecule has 0 aliphatic rings. The topological polar surface area (TPSA) is 64.3 Å². The molecule has 0 radical (unpaired) electrons. The number of ether oxygens (including phenoxy) is 1. The van der Waals surface area contributed by atoms with Crippen molar-refractivity contribution in [2.45, 2.75) is 19.9 Å². The van der Waals surface area contributed by atoms with Crippen molar-refractivity contribution in [3.05, 3.63) is 59.7 Å². The van der Waals surface area contributed by atoms with Crippen molar-refractivity contribution in [3.63, 3.8) is 0 Å². The second-order valence-corrected chi connectivity index (χ2v) is 4.81. The second kappa shape index (κ2) is 7.33. The maximum atomic E-state index is 10.7. The molecule has 2 aromatic carbocycles. The Bertz CT molecular complexity index is 594. The van der Waals surface area contributed by atoms with Crippen molar-refractivity contribution in [1.82, 2.24) is 0 Å². The molecule has 0 saturated carbocycles. The molecule has 4 heteroatoms. The van der Waals surface area contributed by atoms with Gasteiger partial charge in [0.1, 0.15) is 5.75 Å². The fourth-order valence-corrected chi connectivity index (χ4v) is 1.95. The molecule has 4 nitrogen and oxygen atoms in total. The van der Waals surface area contributed by atoms with E-state index in [1.54, 1.807) is 6.07 Å². The zero-order valence-corrected chi connectivity index (χ0v) is 12.1. The van der Waals surface area contributed by atoms with Crippen molar-refractivity contribution >= 4 is 11.6 Å². The monoisotopic (exact) mass is 284 g/mol. The summed E-state index contributed by atoms with van der Waals surface area (Å²) in [4.78, 5) is 10.7. The molecule has 0 aromatic heterocycles. The summed E-state index contributed by atoms with van der Waals surface area (Å²) in [5, 5.41) is 3.33. The van der Waals surface area contributed by atoms with Crippen LogP contribution < -0.4 is 15.8 Å². The predicted molar refractivity (Wildman–Crippen MR) is 84.3 cm³/mol. The molecule has 0 aliphatic heterocycles. The Morgan fingerprint density at radius 1 is 1.14 bits per heavy atom. The molecule has 2 rings (SSSR count). The summed E-state index contributed by atoms with van der Waals surface area (Å²) in [6, 6.07) is 16.0. The highest BCUT2D eigenvalue weighted by molar-refractivity contribution is 5.75. The summed E-state index contributed by atoms with van der Waals surface area (Å²) in [6.07, 6.45) is 1.05. The molecule has 0 bridgehead atoms. The lowest BCUT2D eigenvalue weighted by atomic mass is 10.1. The molecule has 110 valence electrons. The number of aryl methyl sites for hydroxylation is 1. The van der Waals surface area contributed by atoms with Gasteiger partial charge in [0.05, 0.1) is 0 Å². The Morgan fingerprint density at radius 3 is 2.52 bits per heavy atom. The Morgan fingerprint density at radius 2 is 1.86 bits per heavy atom. The van der Waals surface area contributed by atoms with E-state index >= 15 is 0 Å². The van der Waals surface area contributed by atoms with E-state index in [9.17, 15) is 4.79 Å². The third-order valence-electron chi connectivity index (χ3n) is 3.14. The third-order valence-corrected chi connectivity index (χ3v) is 3.14. The number of rotatable bonds is 7. The van der Waals surface area contributed by atoms with Crippen LogP contribution in [-0.4, -0.2) is 12.5 Å². The number of amides is 1. The van der Waals surface area contributed by atoms with Gasteiger partial charge in [0.15, 0.2) is 6.61 Å². The average molecular weight is 284 g/mol. The fourth-order valence-electron chi connectivity index (χ4n) is 1.95. The molecule has 3 N–H and O–H groups in total. The zero-order chi connectivity index (χ0) is 15.1. The van der Waals surface area contributed by atoms with E-state index in [-0.39, 0.29) is 6.61 Å². The van der Waals surface area contributed by atoms with E-state index in [0.29, 0.717) is 5.75 Å². The van der Waals surface area contributed by atoms with Gasteiger partial charge in [-0.05, 0) is 29.7 Å². The Balaban J connectivity index is 1.92. The van der Waals surface area contributed by atoms with Gasteiger partial charge in [-0.1, -0.05) is 37.3 Å². The molecular formula is C17H20N2O2. The molecule has 1 amide bonds. The van der Waals surface area contributed by atoms with E-state index < -0.39 is 5.91 Å². The molecule has 0 aliphatic carbocycles. The molecule has 21 heavy (non-hydrogen) atoms. The summed E-state index contributed by atoms with van der Waals surface area (Å²) < 4.78 is 5.28. The van der Waals surface area contributed by atoms with Crippen LogP contribution in [0.2, 0.25) is 0 Å². The Labute approximate surface area is 124 Å². The smallest absolute Gasteiger partial charge is 0.255 e. The lowest BCUT2D eigenvalue weighted by Crippen LogP contribution is -2.20. The number of hydrogen-bond acceptors (Lipinski definition) is 3. The van der Waals surface area contributed by atoms with E-state index in [1.807, 2.05) is 18.2 Å². The first-order valence-corrected chi connectivity index (χ1v) is 7.00. The number of anilines is 1. The number of carbonyl (C=O) groups is 1. The van der Waals surface area contributed by atoms with Gasteiger partial charge in [-0.25, -0.2) is 0 Å². The minimum atomic E-state index is -0.482. The normalized spacial score (nSPS) is 10.1. The predicted octanol–water partition coefficient (Wildman–Crippen LogP) is 2.73. The minimum absolute atomic E-state index is 0.109. The third kappa shape index (κ3) is 4.84. The van der Waals surface area contributed by atoms with Crippen LogP contribution in [0.1, 0.15) is 18.1 Å². The molecule has 0 saturated heterocycles. The van der Waals surface area contributed by atoms with E-state index in [4.69, 9.17) is 10.5 Å². The van der Waals surface area contributed by atoms with Crippen LogP contribution in [-0.2, 0) is 17.8 Å². The van der Waals surface area contributed by atoms with E-state index in [0.717, 1.165) is 18.7 Å². The highest BCUT2D eigenvalue weighted by Gasteiger charge is 2.00. The Kier molecular flexibility index (Phi) is 5.21. The van der Waals surface area contributed by atoms with Crippen molar-refractivity contribution < 1.29 is 9.53 Å². The number of primary amides is 1. The summed E-state index contributed by atoms with van der Waals surface area (Å²) in [7, 11) is 0. The van der Waals surface area contributed by atoms with Crippen LogP contribution >= 0.6 is 0 Å². The molecule has 0 fully saturated rings. The summed E-state index contributed by atoms with van der Waals surface area (Å²) in [5.41, 5.74) is 8.55. The first-order valence-electron chi connectivity index (χ1n) is 7.00. The van der Waals surface area contributed by atoms with Crippen LogP contribution in [0.25, 0.3) is 0 Å². The van der Waals surface area contributed by atoms with Gasteiger partial charge in [0.2, 0.25) is 0 Å². The van der Waals surface area contributed by atoms with Gasteiger partial charge in [-0.3, -0.25) is 4.79 Å². The number of carbonyl (C=O) groups excluding carboxylic acids is 1. The molecule has 2 aromatic rings. The standard InChI is InChI=1S/C17H20N2O2/c1-2-13-6-8-14(9-7-13)11-19-15-4-3-5-16(10-15)21-12-17(18)20/h3-10,19H,2,11-12H2,1H3,(H2,18,20). The molecule has 0 heterocycles. The molecule has 0 unspecified atom stereocenters. The summed E-state index contributed by atoms with van der Waals surface area (Å²) in [5.74, 6) is 0.143. The van der Waals surface area contributed by atoms with E-state index in [2.05, 4.69) is 36.5 Å². The largest absolute Gasteiger partial charge is 0.484 e. The summed E-state index contributed by atoms with van der Waals surface area (Å²) in [6.45, 7) is 2.77. The van der Waals surface area contributed by atoms with Crippen molar-refractivity contribution in [2.24, 2.45) is 5.73 Å². The number of hydrogen-bond donors (Lipinski definition) is 2. The van der Waals surface area contributed by atoms with Gasteiger partial charge in [0.25, 0.3) is 5.91 Å². The quantitative estimate of drug-likeness (QED) is 0.821. The van der Waals surface area contributed by atoms with Gasteiger partial charge in [0, 0.05) is 18.3 Å². The minimum Gasteiger partial charge on any atom is -0.484 e. The van der Waals surface area contributed by atoms with Crippen molar-refractivity contribution in [2.75, 3.05) is 11.9 Å². The van der Waals surface area contributed by atoms with Gasteiger partial charge < -0.3 is 15.8 Å². The van der Waals surface area contributed by atoms with Gasteiger partial charge in [-0.2, -0.15) is 0 Å². The first kappa shape index (κ1) is 14.9. The van der Waals surface area contributed by atoms with Crippen LogP contribution in [0.15, 0.2) is 48.5 Å². The number of nitrogens with two attached hydrogens (primary N) is 1. The van der Waals surface area contributed by atoms with Crippen molar-refractivity contribution in [3.8, 4) is 5.75 Å². The lowest BCUT2D eigenvalue weighted by Gasteiger charge is -2.09. The first-order chi connectivity index (χ1) is 10.2. The maximum Gasteiger partial charge on any atom is 0.255 e. The van der Waals surface area contributed by atoms with Crippen LogP contribution in [0.4, 0.5) is 5.69 Å². The Hall–Kier alpha value is -2.49. The molecule has 0 spiro atoms. The average Bonchev–Trinajstić information content (AvgIpc) is 2.52. The fraction of sp³-hybridized carbons (Fsp3) is 0.235. The SMILES string of the molecule is CCc1ccc(CNc2cccc(OCC(N)=O)c2)cc1. The van der Waals surface area contributed by atoms with Crippen molar-refractivity contribution in [1.29, 1.82) is 0 Å². The zero-order valence-electron chi connectivity index (χ0n) is 12.1.